The van der Waals surface area contributed by atoms with E-state index in [2.05, 4.69) is 5.32 Å². The van der Waals surface area contributed by atoms with E-state index in [1.54, 1.807) is 6.07 Å². The minimum Gasteiger partial charge on any atom is -0.457 e. The number of rotatable bonds is 4. The third-order valence-corrected chi connectivity index (χ3v) is 4.20. The fourth-order valence-electron chi connectivity index (χ4n) is 2.70. The van der Waals surface area contributed by atoms with Crippen molar-refractivity contribution in [2.24, 2.45) is 0 Å². The molecule has 0 saturated heterocycles. The van der Waals surface area contributed by atoms with Crippen molar-refractivity contribution in [1.82, 2.24) is 0 Å². The number of alkyl halides is 6. The summed E-state index contributed by atoms with van der Waals surface area (Å²) in [5.74, 6) is -0.921. The van der Waals surface area contributed by atoms with Crippen LogP contribution in [0.15, 0.2) is 70.7 Å². The second-order valence-electron chi connectivity index (χ2n) is 6.48. The molecule has 32 heavy (non-hydrogen) atoms. The number of hydrogen-bond acceptors (Lipinski definition) is 3. The number of halogens is 6. The number of nitriles is 1. The maximum absolute atomic E-state index is 12.9. The molecule has 0 aliphatic carbocycles. The van der Waals surface area contributed by atoms with Gasteiger partial charge < -0.3 is 9.73 Å². The zero-order valence-electron chi connectivity index (χ0n) is 15.9. The number of carbonyl (C=O) groups is 1. The maximum atomic E-state index is 12.9. The van der Waals surface area contributed by atoms with Crippen molar-refractivity contribution in [3.63, 3.8) is 0 Å². The van der Waals surface area contributed by atoms with Crippen LogP contribution < -0.4 is 5.32 Å². The number of nitrogens with zero attached hydrogens (tertiary/aromatic N) is 1. The first kappa shape index (κ1) is 22.7. The predicted octanol–water partition coefficient (Wildman–Crippen LogP) is 6.53. The van der Waals surface area contributed by atoms with Gasteiger partial charge in [-0.1, -0.05) is 18.2 Å². The third-order valence-electron chi connectivity index (χ3n) is 4.20. The van der Waals surface area contributed by atoms with Gasteiger partial charge in [0.1, 0.15) is 23.2 Å². The van der Waals surface area contributed by atoms with Gasteiger partial charge in [-0.25, -0.2) is 0 Å². The molecule has 0 aliphatic heterocycles. The van der Waals surface area contributed by atoms with E-state index in [1.807, 2.05) is 0 Å². The van der Waals surface area contributed by atoms with E-state index >= 15 is 0 Å². The fraction of sp³-hybridized carbons (Fsp3) is 0.0909. The highest BCUT2D eigenvalue weighted by Crippen LogP contribution is 2.33. The standard InChI is InChI=1S/C22H12F6N2O2/c23-21(24,25)15-4-1-3-13(9-15)19-8-7-18(32-19)10-14(12-29)20(31)30-17-6-2-5-16(11-17)22(26,27)28/h1-11H,(H,30,31)/b14-10-. The number of amides is 1. The summed E-state index contributed by atoms with van der Waals surface area (Å²) in [6, 6.07) is 12.6. The quantitative estimate of drug-likeness (QED) is 0.279. The lowest BCUT2D eigenvalue weighted by atomic mass is 10.1. The van der Waals surface area contributed by atoms with Gasteiger partial charge in [0.25, 0.3) is 5.91 Å². The summed E-state index contributed by atoms with van der Waals surface area (Å²) in [6.45, 7) is 0. The Hall–Kier alpha value is -4.00. The molecule has 1 N–H and O–H groups in total. The van der Waals surface area contributed by atoms with E-state index in [1.165, 1.54) is 30.3 Å². The van der Waals surface area contributed by atoms with Crippen LogP contribution in [-0.2, 0) is 17.1 Å². The Balaban J connectivity index is 1.82. The van der Waals surface area contributed by atoms with Crippen LogP contribution in [0.2, 0.25) is 0 Å². The van der Waals surface area contributed by atoms with Crippen molar-refractivity contribution in [2.75, 3.05) is 5.32 Å². The largest absolute Gasteiger partial charge is 0.457 e. The monoisotopic (exact) mass is 450 g/mol. The van der Waals surface area contributed by atoms with Crippen LogP contribution in [0.25, 0.3) is 17.4 Å². The van der Waals surface area contributed by atoms with Crippen molar-refractivity contribution >= 4 is 17.7 Å². The minimum absolute atomic E-state index is 0.00634. The van der Waals surface area contributed by atoms with Gasteiger partial charge in [0.2, 0.25) is 0 Å². The molecule has 3 aromatic rings. The summed E-state index contributed by atoms with van der Waals surface area (Å²) < 4.78 is 82.5. The molecule has 0 spiro atoms. The zero-order chi connectivity index (χ0) is 23.5. The van der Waals surface area contributed by atoms with E-state index in [-0.39, 0.29) is 22.8 Å². The summed E-state index contributed by atoms with van der Waals surface area (Å²) in [6.07, 6.45) is -8.12. The molecule has 1 aromatic heterocycles. The van der Waals surface area contributed by atoms with Crippen molar-refractivity contribution in [3.8, 4) is 17.4 Å². The van der Waals surface area contributed by atoms with E-state index in [0.717, 1.165) is 30.3 Å². The van der Waals surface area contributed by atoms with Crippen LogP contribution in [0.4, 0.5) is 32.0 Å². The summed E-state index contributed by atoms with van der Waals surface area (Å²) >= 11 is 0. The lowest BCUT2D eigenvalue weighted by molar-refractivity contribution is -0.138. The van der Waals surface area contributed by atoms with Crippen LogP contribution in [0.3, 0.4) is 0 Å². The number of carbonyl (C=O) groups excluding carboxylic acids is 1. The Morgan fingerprint density at radius 1 is 0.906 bits per heavy atom. The average Bonchev–Trinajstić information content (AvgIpc) is 3.20. The van der Waals surface area contributed by atoms with Gasteiger partial charge in [0.05, 0.1) is 11.1 Å². The molecule has 1 heterocycles. The molecule has 0 saturated carbocycles. The highest BCUT2D eigenvalue weighted by Gasteiger charge is 2.31. The Bertz CT molecular complexity index is 1220. The van der Waals surface area contributed by atoms with E-state index < -0.39 is 35.0 Å². The van der Waals surface area contributed by atoms with Gasteiger partial charge >= 0.3 is 12.4 Å². The van der Waals surface area contributed by atoms with E-state index in [0.29, 0.717) is 6.07 Å². The first-order valence-corrected chi connectivity index (χ1v) is 8.85. The summed E-state index contributed by atoms with van der Waals surface area (Å²) in [4.78, 5) is 12.3. The Morgan fingerprint density at radius 3 is 2.16 bits per heavy atom. The van der Waals surface area contributed by atoms with Crippen molar-refractivity contribution in [1.29, 1.82) is 5.26 Å². The molecule has 164 valence electrons. The first-order valence-electron chi connectivity index (χ1n) is 8.85. The number of nitrogens with one attached hydrogen (secondary N) is 1. The van der Waals surface area contributed by atoms with Crippen molar-refractivity contribution in [2.45, 2.75) is 12.4 Å². The molecule has 0 aliphatic rings. The number of hydrogen-bond donors (Lipinski definition) is 1. The molecular formula is C22H12F6N2O2. The third kappa shape index (κ3) is 5.37. The van der Waals surface area contributed by atoms with Crippen molar-refractivity contribution < 1.29 is 35.6 Å². The molecule has 10 heteroatoms. The normalized spacial score (nSPS) is 12.3. The summed E-state index contributed by atoms with van der Waals surface area (Å²) in [5.41, 5.74) is -2.37. The molecule has 4 nitrogen and oxygen atoms in total. The highest BCUT2D eigenvalue weighted by molar-refractivity contribution is 6.09. The fourth-order valence-corrected chi connectivity index (χ4v) is 2.70. The van der Waals surface area contributed by atoms with E-state index in [9.17, 15) is 36.4 Å². The zero-order valence-corrected chi connectivity index (χ0v) is 15.9. The number of furan rings is 1. The predicted molar refractivity (Wildman–Crippen MR) is 103 cm³/mol. The van der Waals surface area contributed by atoms with Gasteiger partial charge in [-0.3, -0.25) is 4.79 Å². The first-order chi connectivity index (χ1) is 15.0. The van der Waals surface area contributed by atoms with Crippen LogP contribution >= 0.6 is 0 Å². The Morgan fingerprint density at radius 2 is 1.53 bits per heavy atom. The maximum Gasteiger partial charge on any atom is 0.416 e. The molecule has 0 atom stereocenters. The molecule has 0 bridgehead atoms. The van der Waals surface area contributed by atoms with Crippen LogP contribution in [-0.4, -0.2) is 5.91 Å². The van der Waals surface area contributed by atoms with Gasteiger partial charge in [0.15, 0.2) is 0 Å². The lowest BCUT2D eigenvalue weighted by Crippen LogP contribution is -2.14. The molecule has 3 rings (SSSR count). The van der Waals surface area contributed by atoms with Gasteiger partial charge in [-0.05, 0) is 42.5 Å². The molecular weight excluding hydrogens is 438 g/mol. The number of anilines is 1. The van der Waals surface area contributed by atoms with Gasteiger partial charge in [-0.2, -0.15) is 31.6 Å². The van der Waals surface area contributed by atoms with Crippen molar-refractivity contribution in [3.05, 3.63) is 83.1 Å². The summed E-state index contributed by atoms with van der Waals surface area (Å²) in [5, 5.41) is 11.4. The van der Waals surface area contributed by atoms with Gasteiger partial charge in [-0.15, -0.1) is 0 Å². The highest BCUT2D eigenvalue weighted by atomic mass is 19.4. The second kappa shape index (κ2) is 8.63. The average molecular weight is 450 g/mol. The van der Waals surface area contributed by atoms with Crippen LogP contribution in [0.5, 0.6) is 0 Å². The molecule has 2 aromatic carbocycles. The number of benzene rings is 2. The second-order valence-corrected chi connectivity index (χ2v) is 6.48. The van der Waals surface area contributed by atoms with Crippen LogP contribution in [0.1, 0.15) is 16.9 Å². The molecule has 0 radical (unpaired) electrons. The van der Waals surface area contributed by atoms with Gasteiger partial charge in [0, 0.05) is 17.3 Å². The lowest BCUT2D eigenvalue weighted by Gasteiger charge is -2.09. The topological polar surface area (TPSA) is 66.0 Å². The smallest absolute Gasteiger partial charge is 0.416 e. The summed E-state index contributed by atoms with van der Waals surface area (Å²) in [7, 11) is 0. The van der Waals surface area contributed by atoms with E-state index in [4.69, 9.17) is 4.42 Å². The van der Waals surface area contributed by atoms with Crippen LogP contribution in [0, 0.1) is 11.3 Å². The SMILES string of the molecule is N#C/C(=C/c1ccc(-c2cccc(C(F)(F)F)c2)o1)C(=O)Nc1cccc(C(F)(F)F)c1. The molecule has 1 amide bonds. The Labute approximate surface area is 177 Å². The Kier molecular flexibility index (Phi) is 6.11. The minimum atomic E-state index is -4.61. The molecule has 0 fully saturated rings. The molecule has 0 unspecified atom stereocenters.